The molecule has 1 aromatic rings. The Balaban J connectivity index is 1.24. The molecule has 4 unspecified atom stereocenters. The average molecular weight is 615 g/mol. The van der Waals surface area contributed by atoms with Gasteiger partial charge in [-0.05, 0) is 50.9 Å². The van der Waals surface area contributed by atoms with E-state index >= 15 is 0 Å². The van der Waals surface area contributed by atoms with Crippen LogP contribution >= 0.6 is 0 Å². The summed E-state index contributed by atoms with van der Waals surface area (Å²) >= 11 is 0. The van der Waals surface area contributed by atoms with Crippen molar-refractivity contribution >= 4 is 23.9 Å². The van der Waals surface area contributed by atoms with Gasteiger partial charge in [0.15, 0.2) is 17.5 Å². The van der Waals surface area contributed by atoms with Gasteiger partial charge in [-0.2, -0.15) is 0 Å². The lowest BCUT2D eigenvalue weighted by molar-refractivity contribution is -0.151. The summed E-state index contributed by atoms with van der Waals surface area (Å²) in [5, 5.41) is 28.3. The van der Waals surface area contributed by atoms with Crippen LogP contribution in [-0.2, 0) is 21.4 Å². The summed E-state index contributed by atoms with van der Waals surface area (Å²) < 4.78 is 12.1. The van der Waals surface area contributed by atoms with Crippen molar-refractivity contribution < 1.29 is 34.1 Å². The molecule has 2 bridgehead atoms. The van der Waals surface area contributed by atoms with Gasteiger partial charge in [0.2, 0.25) is 11.8 Å². The Morgan fingerprint density at radius 1 is 1.32 bits per heavy atom. The van der Waals surface area contributed by atoms with Gasteiger partial charge in [0, 0.05) is 38.3 Å². The number of likely N-dealkylation sites (N-methyl/N-ethyl adjacent to an activating group) is 2. The normalized spacial score (nSPS) is 28.2. The van der Waals surface area contributed by atoms with Gasteiger partial charge < -0.3 is 52.4 Å². The molecule has 1 spiro atoms. The van der Waals surface area contributed by atoms with E-state index in [1.165, 1.54) is 11.9 Å². The number of nitrogens with two attached hydrogens (primary N) is 3. The lowest BCUT2D eigenvalue weighted by Gasteiger charge is -2.61. The molecular weight excluding hydrogens is 572 g/mol. The average Bonchev–Trinajstić information content (AvgIpc) is 3.35. The number of hydrogen-bond acceptors (Lipinski definition) is 10. The van der Waals surface area contributed by atoms with Crippen molar-refractivity contribution in [2.45, 2.75) is 61.0 Å². The highest BCUT2D eigenvalue weighted by atomic mass is 16.6. The molecule has 0 saturated carbocycles. The number of piperidine rings is 1. The van der Waals surface area contributed by atoms with Crippen LogP contribution in [0.2, 0.25) is 0 Å². The maximum atomic E-state index is 13.1. The van der Waals surface area contributed by atoms with E-state index in [-0.39, 0.29) is 43.8 Å². The Morgan fingerprint density at radius 3 is 2.82 bits per heavy atom. The standard InChI is InChI=1S/C29H42N8O7/c1-36-12-9-28-22-16-5-6-19(23(22)44-24(28)18(38)7-8-29(28,42)20(36)14-16)43-27(41)37(2)13-11-33-25(40)17(35-21(39)15-30)4-3-10-34-26(31)32/h5-8,17-18,20,24,38,42H,3-4,9-15,30H2,1-2H3,(H,33,40)(H,35,39)(H4,31,32,34)/t17-,18?,20?,24?,28?,29+/m0/s1. The summed E-state index contributed by atoms with van der Waals surface area (Å²) in [6.07, 6.45) is 2.86. The number of aliphatic imine (C=N–C) groups is 1. The SMILES string of the molecule is CN(CCNC(=O)[C@H](CCCN=C(N)N)NC(=O)CN)C(=O)Oc1ccc2c3c1OC1C(O)C=C[C@@]4(O)C(C2)N(C)CCC314. The molecule has 6 atom stereocenters. The lowest BCUT2D eigenvalue weighted by Crippen LogP contribution is -2.75. The van der Waals surface area contributed by atoms with Gasteiger partial charge in [-0.1, -0.05) is 18.2 Å². The highest BCUT2D eigenvalue weighted by Crippen LogP contribution is 2.64. The first-order valence-electron chi connectivity index (χ1n) is 14.8. The first-order chi connectivity index (χ1) is 20.9. The lowest BCUT2D eigenvalue weighted by atomic mass is 9.50. The number of aliphatic hydroxyl groups is 2. The van der Waals surface area contributed by atoms with Crippen molar-refractivity contribution in [1.29, 1.82) is 0 Å². The van der Waals surface area contributed by atoms with E-state index in [1.807, 2.05) is 13.1 Å². The molecule has 15 heteroatoms. The van der Waals surface area contributed by atoms with Crippen LogP contribution in [0.1, 0.15) is 30.4 Å². The molecule has 5 rings (SSSR count). The minimum Gasteiger partial charge on any atom is -0.482 e. The quantitative estimate of drug-likeness (QED) is 0.0604. The van der Waals surface area contributed by atoms with Gasteiger partial charge in [0.05, 0.1) is 12.0 Å². The molecule has 4 aliphatic rings. The van der Waals surface area contributed by atoms with Crippen LogP contribution in [0.25, 0.3) is 0 Å². The predicted octanol–water partition coefficient (Wildman–Crippen LogP) is -2.35. The molecule has 10 N–H and O–H groups in total. The molecule has 0 aromatic heterocycles. The van der Waals surface area contributed by atoms with Crippen molar-refractivity contribution in [3.63, 3.8) is 0 Å². The van der Waals surface area contributed by atoms with E-state index in [4.69, 9.17) is 26.7 Å². The molecule has 2 heterocycles. The molecule has 15 nitrogen and oxygen atoms in total. The zero-order valence-electron chi connectivity index (χ0n) is 25.0. The van der Waals surface area contributed by atoms with Crippen molar-refractivity contribution in [2.75, 3.05) is 46.8 Å². The fourth-order valence-electron chi connectivity index (χ4n) is 7.11. The van der Waals surface area contributed by atoms with E-state index in [0.29, 0.717) is 31.6 Å². The summed E-state index contributed by atoms with van der Waals surface area (Å²) in [5.74, 6) is -0.415. The number of carbonyl (C=O) groups is 3. The highest BCUT2D eigenvalue weighted by Gasteiger charge is 2.71. The molecule has 1 saturated heterocycles. The van der Waals surface area contributed by atoms with Crippen LogP contribution in [0.15, 0.2) is 29.3 Å². The third kappa shape index (κ3) is 5.33. The van der Waals surface area contributed by atoms with Gasteiger partial charge in [-0.15, -0.1) is 0 Å². The zero-order valence-corrected chi connectivity index (χ0v) is 25.0. The molecule has 2 aliphatic heterocycles. The number of benzene rings is 1. The third-order valence-corrected chi connectivity index (χ3v) is 9.31. The van der Waals surface area contributed by atoms with Crippen molar-refractivity contribution in [1.82, 2.24) is 20.4 Å². The van der Waals surface area contributed by atoms with Gasteiger partial charge in [-0.3, -0.25) is 19.5 Å². The van der Waals surface area contributed by atoms with Gasteiger partial charge >= 0.3 is 6.09 Å². The molecule has 1 fully saturated rings. The second kappa shape index (κ2) is 12.2. The van der Waals surface area contributed by atoms with Gasteiger partial charge in [0.25, 0.3) is 0 Å². The minimum absolute atomic E-state index is 0.0628. The van der Waals surface area contributed by atoms with Crippen molar-refractivity contribution in [2.24, 2.45) is 22.2 Å². The molecule has 0 radical (unpaired) electrons. The summed E-state index contributed by atoms with van der Waals surface area (Å²) in [4.78, 5) is 45.1. The van der Waals surface area contributed by atoms with E-state index < -0.39 is 47.2 Å². The topological polar surface area (TPSA) is 231 Å². The number of likely N-dealkylation sites (tertiary alicyclic amines) is 1. The summed E-state index contributed by atoms with van der Waals surface area (Å²) in [7, 11) is 3.52. The summed E-state index contributed by atoms with van der Waals surface area (Å²) in [5.41, 5.74) is 15.7. The number of guanidine groups is 1. The first-order valence-corrected chi connectivity index (χ1v) is 14.8. The first kappa shape index (κ1) is 31.5. The van der Waals surface area contributed by atoms with Crippen LogP contribution in [0.5, 0.6) is 11.5 Å². The van der Waals surface area contributed by atoms with Crippen LogP contribution in [-0.4, -0.2) is 121 Å². The highest BCUT2D eigenvalue weighted by molar-refractivity contribution is 5.88. The molecule has 1 aromatic carbocycles. The molecule has 240 valence electrons. The van der Waals surface area contributed by atoms with Crippen LogP contribution in [0, 0.1) is 0 Å². The second-order valence-corrected chi connectivity index (χ2v) is 11.9. The maximum absolute atomic E-state index is 13.1. The monoisotopic (exact) mass is 614 g/mol. The Bertz CT molecular complexity index is 1370. The summed E-state index contributed by atoms with van der Waals surface area (Å²) in [6, 6.07) is 2.55. The zero-order chi connectivity index (χ0) is 31.8. The minimum atomic E-state index is -1.24. The number of carbonyl (C=O) groups excluding carboxylic acids is 3. The van der Waals surface area contributed by atoms with Crippen LogP contribution < -0.4 is 37.3 Å². The van der Waals surface area contributed by atoms with Crippen molar-refractivity contribution in [3.05, 3.63) is 35.4 Å². The van der Waals surface area contributed by atoms with Gasteiger partial charge in [0.1, 0.15) is 23.9 Å². The second-order valence-electron chi connectivity index (χ2n) is 11.9. The maximum Gasteiger partial charge on any atom is 0.415 e. The Kier molecular flexibility index (Phi) is 8.75. The number of nitrogens with zero attached hydrogens (tertiary/aromatic N) is 3. The number of amides is 3. The largest absolute Gasteiger partial charge is 0.482 e. The Morgan fingerprint density at radius 2 is 2.09 bits per heavy atom. The Labute approximate surface area is 255 Å². The van der Waals surface area contributed by atoms with Gasteiger partial charge in [-0.25, -0.2) is 4.79 Å². The molecule has 3 amide bonds. The summed E-state index contributed by atoms with van der Waals surface area (Å²) in [6.45, 7) is 0.945. The van der Waals surface area contributed by atoms with Crippen LogP contribution in [0.3, 0.4) is 0 Å². The number of nitrogens with one attached hydrogen (secondary N) is 2. The number of rotatable bonds is 11. The fourth-order valence-corrected chi connectivity index (χ4v) is 7.11. The smallest absolute Gasteiger partial charge is 0.415 e. The molecule has 44 heavy (non-hydrogen) atoms. The van der Waals surface area contributed by atoms with Crippen molar-refractivity contribution in [3.8, 4) is 11.5 Å². The van der Waals surface area contributed by atoms with Crippen LogP contribution in [0.4, 0.5) is 4.79 Å². The number of aliphatic hydroxyl groups excluding tert-OH is 1. The number of hydrogen-bond donors (Lipinski definition) is 7. The Hall–Kier alpha value is -3.92. The van der Waals surface area contributed by atoms with E-state index in [0.717, 1.165) is 17.7 Å². The van der Waals surface area contributed by atoms with E-state index in [9.17, 15) is 24.6 Å². The third-order valence-electron chi connectivity index (χ3n) is 9.31. The van der Waals surface area contributed by atoms with E-state index in [2.05, 4.69) is 20.5 Å². The fraction of sp³-hybridized carbons (Fsp3) is 0.586. The molecule has 2 aliphatic carbocycles. The number of ether oxygens (including phenoxy) is 2. The predicted molar refractivity (Wildman–Crippen MR) is 160 cm³/mol. The molecular formula is C29H42N8O7. The van der Waals surface area contributed by atoms with E-state index in [1.54, 1.807) is 18.2 Å².